The van der Waals surface area contributed by atoms with Gasteiger partial charge in [-0.15, -0.1) is 0 Å². The van der Waals surface area contributed by atoms with Crippen LogP contribution in [0.4, 0.5) is 0 Å². The SMILES string of the molecule is Cc1ccc(OCC(=O)N2CCC([C@H]3OCC[C@@H]3C(N)=O)CC2)cc1. The summed E-state index contributed by atoms with van der Waals surface area (Å²) in [4.78, 5) is 25.7. The Morgan fingerprint density at radius 1 is 1.20 bits per heavy atom. The van der Waals surface area contributed by atoms with Crippen molar-refractivity contribution in [1.82, 2.24) is 4.90 Å². The van der Waals surface area contributed by atoms with E-state index in [1.54, 1.807) is 0 Å². The molecule has 2 saturated heterocycles. The minimum atomic E-state index is -0.271. The van der Waals surface area contributed by atoms with E-state index in [0.29, 0.717) is 37.8 Å². The van der Waals surface area contributed by atoms with Crippen LogP contribution in [0.2, 0.25) is 0 Å². The van der Waals surface area contributed by atoms with Gasteiger partial charge >= 0.3 is 0 Å². The fourth-order valence-corrected chi connectivity index (χ4v) is 3.73. The quantitative estimate of drug-likeness (QED) is 0.876. The number of amides is 2. The second kappa shape index (κ2) is 7.87. The molecule has 2 amide bonds. The molecule has 2 heterocycles. The van der Waals surface area contributed by atoms with Crippen LogP contribution in [0.15, 0.2) is 24.3 Å². The van der Waals surface area contributed by atoms with Gasteiger partial charge in [-0.25, -0.2) is 0 Å². The van der Waals surface area contributed by atoms with Crippen molar-refractivity contribution in [1.29, 1.82) is 0 Å². The molecule has 2 aliphatic heterocycles. The molecular weight excluding hydrogens is 320 g/mol. The molecule has 6 heteroatoms. The number of likely N-dealkylation sites (tertiary alicyclic amines) is 1. The Morgan fingerprint density at radius 2 is 1.88 bits per heavy atom. The van der Waals surface area contributed by atoms with Crippen LogP contribution in [0.3, 0.4) is 0 Å². The summed E-state index contributed by atoms with van der Waals surface area (Å²) < 4.78 is 11.3. The predicted octanol–water partition coefficient (Wildman–Crippen LogP) is 1.50. The van der Waals surface area contributed by atoms with Crippen LogP contribution in [0.1, 0.15) is 24.8 Å². The van der Waals surface area contributed by atoms with Gasteiger partial charge in [-0.3, -0.25) is 9.59 Å². The zero-order chi connectivity index (χ0) is 17.8. The summed E-state index contributed by atoms with van der Waals surface area (Å²) in [6.07, 6.45) is 2.30. The molecule has 2 N–H and O–H groups in total. The van der Waals surface area contributed by atoms with Crippen LogP contribution in [-0.4, -0.2) is 49.1 Å². The smallest absolute Gasteiger partial charge is 0.260 e. The van der Waals surface area contributed by atoms with Gasteiger partial charge in [-0.05, 0) is 44.2 Å². The molecule has 0 aliphatic carbocycles. The average Bonchev–Trinajstić information content (AvgIpc) is 3.11. The lowest BCUT2D eigenvalue weighted by Gasteiger charge is -2.35. The molecule has 1 aromatic rings. The number of ether oxygens (including phenoxy) is 2. The van der Waals surface area contributed by atoms with E-state index in [-0.39, 0.29) is 30.4 Å². The van der Waals surface area contributed by atoms with E-state index in [1.807, 2.05) is 36.1 Å². The summed E-state index contributed by atoms with van der Waals surface area (Å²) in [5.41, 5.74) is 6.63. The van der Waals surface area contributed by atoms with E-state index in [9.17, 15) is 9.59 Å². The standard InChI is InChI=1S/C19H26N2O4/c1-13-2-4-15(5-3-13)25-12-17(22)21-9-6-14(7-10-21)18-16(19(20)23)8-11-24-18/h2-5,14,16,18H,6-12H2,1H3,(H2,20,23)/t16-,18+/m0/s1. The van der Waals surface area contributed by atoms with Crippen molar-refractivity contribution in [3.05, 3.63) is 29.8 Å². The lowest BCUT2D eigenvalue weighted by Crippen LogP contribution is -2.45. The second-order valence-corrected chi connectivity index (χ2v) is 6.95. The van der Waals surface area contributed by atoms with Crippen LogP contribution in [0.5, 0.6) is 5.75 Å². The van der Waals surface area contributed by atoms with Crippen molar-refractivity contribution in [3.63, 3.8) is 0 Å². The molecule has 0 unspecified atom stereocenters. The molecule has 25 heavy (non-hydrogen) atoms. The monoisotopic (exact) mass is 346 g/mol. The van der Waals surface area contributed by atoms with Crippen molar-refractivity contribution in [2.75, 3.05) is 26.3 Å². The molecule has 6 nitrogen and oxygen atoms in total. The fraction of sp³-hybridized carbons (Fsp3) is 0.579. The first-order valence-corrected chi connectivity index (χ1v) is 8.93. The largest absolute Gasteiger partial charge is 0.484 e. The summed E-state index contributed by atoms with van der Waals surface area (Å²) in [5, 5.41) is 0. The molecule has 0 radical (unpaired) electrons. The van der Waals surface area contributed by atoms with Gasteiger partial charge in [0.2, 0.25) is 5.91 Å². The maximum atomic E-state index is 12.3. The predicted molar refractivity (Wildman–Crippen MR) is 93.0 cm³/mol. The van der Waals surface area contributed by atoms with Crippen molar-refractivity contribution >= 4 is 11.8 Å². The van der Waals surface area contributed by atoms with Crippen molar-refractivity contribution in [3.8, 4) is 5.75 Å². The number of benzene rings is 1. The van der Waals surface area contributed by atoms with E-state index in [2.05, 4.69) is 0 Å². The first-order valence-electron chi connectivity index (χ1n) is 8.93. The number of carbonyl (C=O) groups excluding carboxylic acids is 2. The molecule has 0 aromatic heterocycles. The third kappa shape index (κ3) is 4.31. The number of primary amides is 1. The maximum Gasteiger partial charge on any atom is 0.260 e. The number of carbonyl (C=O) groups is 2. The number of nitrogens with zero attached hydrogens (tertiary/aromatic N) is 1. The van der Waals surface area contributed by atoms with Gasteiger partial charge in [0.1, 0.15) is 5.75 Å². The lowest BCUT2D eigenvalue weighted by atomic mass is 9.84. The van der Waals surface area contributed by atoms with Crippen LogP contribution in [0, 0.1) is 18.8 Å². The van der Waals surface area contributed by atoms with Crippen molar-refractivity contribution in [2.24, 2.45) is 17.6 Å². The molecule has 0 spiro atoms. The zero-order valence-electron chi connectivity index (χ0n) is 14.6. The Kier molecular flexibility index (Phi) is 5.58. The topological polar surface area (TPSA) is 81.9 Å². The number of aryl methyl sites for hydroxylation is 1. The Bertz CT molecular complexity index is 608. The number of rotatable bonds is 5. The van der Waals surface area contributed by atoms with Gasteiger partial charge in [0.05, 0.1) is 12.0 Å². The van der Waals surface area contributed by atoms with Gasteiger partial charge in [0.25, 0.3) is 5.91 Å². The molecular formula is C19H26N2O4. The van der Waals surface area contributed by atoms with Crippen molar-refractivity contribution < 1.29 is 19.1 Å². The molecule has 2 aliphatic rings. The van der Waals surface area contributed by atoms with Crippen LogP contribution in [0.25, 0.3) is 0 Å². The van der Waals surface area contributed by atoms with E-state index in [4.69, 9.17) is 15.2 Å². The number of piperidine rings is 1. The minimum Gasteiger partial charge on any atom is -0.484 e. The molecule has 0 bridgehead atoms. The van der Waals surface area contributed by atoms with E-state index >= 15 is 0 Å². The minimum absolute atomic E-state index is 0.00202. The Morgan fingerprint density at radius 3 is 2.52 bits per heavy atom. The molecule has 1 aromatic carbocycles. The van der Waals surface area contributed by atoms with Gasteiger partial charge in [-0.2, -0.15) is 0 Å². The van der Waals surface area contributed by atoms with Gasteiger partial charge in [0.15, 0.2) is 6.61 Å². The molecule has 0 saturated carbocycles. The Balaban J connectivity index is 1.46. The number of hydrogen-bond acceptors (Lipinski definition) is 4. The molecule has 2 fully saturated rings. The molecule has 3 rings (SSSR count). The lowest BCUT2D eigenvalue weighted by molar-refractivity contribution is -0.136. The van der Waals surface area contributed by atoms with E-state index in [1.165, 1.54) is 0 Å². The average molecular weight is 346 g/mol. The maximum absolute atomic E-state index is 12.3. The molecule has 2 atom stereocenters. The van der Waals surface area contributed by atoms with Crippen LogP contribution < -0.4 is 10.5 Å². The van der Waals surface area contributed by atoms with Gasteiger partial charge in [0, 0.05) is 19.7 Å². The summed E-state index contributed by atoms with van der Waals surface area (Å²) >= 11 is 0. The number of hydrogen-bond donors (Lipinski definition) is 1. The third-order valence-electron chi connectivity index (χ3n) is 5.24. The van der Waals surface area contributed by atoms with Crippen molar-refractivity contribution in [2.45, 2.75) is 32.3 Å². The van der Waals surface area contributed by atoms with Crippen LogP contribution in [-0.2, 0) is 14.3 Å². The highest BCUT2D eigenvalue weighted by molar-refractivity contribution is 5.78. The van der Waals surface area contributed by atoms with Gasteiger partial charge < -0.3 is 20.1 Å². The van der Waals surface area contributed by atoms with E-state index in [0.717, 1.165) is 18.4 Å². The first kappa shape index (κ1) is 17.7. The first-order chi connectivity index (χ1) is 12.0. The normalized spacial score (nSPS) is 24.3. The van der Waals surface area contributed by atoms with Gasteiger partial charge in [-0.1, -0.05) is 17.7 Å². The summed E-state index contributed by atoms with van der Waals surface area (Å²) in [6.45, 7) is 4.01. The third-order valence-corrected chi connectivity index (χ3v) is 5.24. The summed E-state index contributed by atoms with van der Waals surface area (Å²) in [7, 11) is 0. The molecule has 136 valence electrons. The zero-order valence-corrected chi connectivity index (χ0v) is 14.6. The summed E-state index contributed by atoms with van der Waals surface area (Å²) in [5.74, 6) is 0.544. The highest BCUT2D eigenvalue weighted by atomic mass is 16.5. The number of nitrogens with two attached hydrogens (primary N) is 1. The van der Waals surface area contributed by atoms with E-state index < -0.39 is 0 Å². The second-order valence-electron chi connectivity index (χ2n) is 6.95. The Labute approximate surface area is 148 Å². The fourth-order valence-electron chi connectivity index (χ4n) is 3.73. The Hall–Kier alpha value is -2.08. The highest BCUT2D eigenvalue weighted by Gasteiger charge is 2.39. The van der Waals surface area contributed by atoms with Crippen LogP contribution >= 0.6 is 0 Å². The summed E-state index contributed by atoms with van der Waals surface area (Å²) in [6, 6.07) is 7.66. The highest BCUT2D eigenvalue weighted by Crippen LogP contribution is 2.33.